The molecule has 23 heavy (non-hydrogen) atoms. The molecular formula is C15H16ClNO5S. The molecule has 0 aromatic carbocycles. The predicted octanol–water partition coefficient (Wildman–Crippen LogP) is 1.39. The predicted molar refractivity (Wildman–Crippen MR) is 89.5 cm³/mol. The third-order valence-electron chi connectivity index (χ3n) is 3.10. The Balaban J connectivity index is 0.000000338. The van der Waals surface area contributed by atoms with Crippen molar-refractivity contribution in [3.8, 4) is 0 Å². The Morgan fingerprint density at radius 3 is 2.61 bits per heavy atom. The van der Waals surface area contributed by atoms with Gasteiger partial charge in [0.25, 0.3) is 0 Å². The fourth-order valence-corrected chi connectivity index (χ4v) is 2.48. The van der Waals surface area contributed by atoms with E-state index in [1.54, 1.807) is 0 Å². The molecule has 0 amide bonds. The largest absolute Gasteiger partial charge is 0.456 e. The van der Waals surface area contributed by atoms with Crippen molar-refractivity contribution >= 4 is 40.2 Å². The fourth-order valence-electron chi connectivity index (χ4n) is 2.30. The second kappa shape index (κ2) is 7.18. The molecule has 3 rings (SSSR count). The van der Waals surface area contributed by atoms with E-state index in [-0.39, 0.29) is 0 Å². The van der Waals surface area contributed by atoms with Crippen LogP contribution < -0.4 is 16.1 Å². The molecule has 2 aliphatic rings. The van der Waals surface area contributed by atoms with E-state index in [9.17, 15) is 0 Å². The lowest BCUT2D eigenvalue weighted by atomic mass is 10.0. The van der Waals surface area contributed by atoms with Gasteiger partial charge in [0.1, 0.15) is 10.8 Å². The quantitative estimate of drug-likeness (QED) is 0.692. The normalized spacial score (nSPS) is 15.5. The topological polar surface area (TPSA) is 99.8 Å². The Labute approximate surface area is 138 Å². The van der Waals surface area contributed by atoms with Gasteiger partial charge in [-0.1, -0.05) is 17.7 Å². The first-order valence-corrected chi connectivity index (χ1v) is 8.57. The summed E-state index contributed by atoms with van der Waals surface area (Å²) in [5, 5.41) is 4.09. The zero-order valence-corrected chi connectivity index (χ0v) is 13.9. The first-order chi connectivity index (χ1) is 10.8. The highest BCUT2D eigenvalue weighted by Crippen LogP contribution is 2.17. The average Bonchev–Trinajstić information content (AvgIpc) is 2.64. The molecule has 2 aliphatic carbocycles. The van der Waals surface area contributed by atoms with E-state index in [1.165, 1.54) is 11.3 Å². The molecule has 1 heterocycles. The molecule has 0 saturated carbocycles. The molecule has 3 N–H and O–H groups in total. The molecular weight excluding hydrogens is 342 g/mol. The summed E-state index contributed by atoms with van der Waals surface area (Å²) in [6, 6.07) is 0. The Kier molecular flexibility index (Phi) is 5.48. The maximum Gasteiger partial charge on any atom is 0.394 e. The van der Waals surface area contributed by atoms with Gasteiger partial charge in [0.15, 0.2) is 0 Å². The van der Waals surface area contributed by atoms with Crippen LogP contribution in [-0.2, 0) is 16.8 Å². The van der Waals surface area contributed by atoms with Gasteiger partial charge in [-0.25, -0.2) is 0 Å². The van der Waals surface area contributed by atoms with Crippen molar-refractivity contribution < 1.29 is 21.9 Å². The second-order valence-electron chi connectivity index (χ2n) is 4.79. The minimum absolute atomic E-state index is 0.730. The third-order valence-corrected chi connectivity index (χ3v) is 3.34. The van der Waals surface area contributed by atoms with Crippen LogP contribution in [0.1, 0.15) is 18.1 Å². The molecule has 0 saturated heterocycles. The average molecular weight is 358 g/mol. The van der Waals surface area contributed by atoms with Gasteiger partial charge < -0.3 is 9.73 Å². The van der Waals surface area contributed by atoms with Crippen LogP contribution in [-0.4, -0.2) is 24.1 Å². The van der Waals surface area contributed by atoms with Crippen molar-refractivity contribution in [2.45, 2.75) is 13.3 Å². The lowest BCUT2D eigenvalue weighted by Gasteiger charge is -2.10. The number of fused-ring (bicyclic) bond motifs is 3. The van der Waals surface area contributed by atoms with Gasteiger partial charge in [-0.2, -0.15) is 8.42 Å². The summed E-state index contributed by atoms with van der Waals surface area (Å²) in [6.07, 6.45) is 12.7. The minimum atomic E-state index is -4.67. The molecule has 0 spiro atoms. The van der Waals surface area contributed by atoms with Gasteiger partial charge >= 0.3 is 10.4 Å². The van der Waals surface area contributed by atoms with Gasteiger partial charge in [-0.15, -0.1) is 0 Å². The van der Waals surface area contributed by atoms with Crippen LogP contribution in [0.15, 0.2) is 33.4 Å². The molecule has 0 radical (unpaired) electrons. The lowest BCUT2D eigenvalue weighted by molar-refractivity contribution is 0.381. The van der Waals surface area contributed by atoms with E-state index in [4.69, 9.17) is 33.5 Å². The minimum Gasteiger partial charge on any atom is -0.456 e. The second-order valence-corrected chi connectivity index (χ2v) is 6.12. The molecule has 0 fully saturated rings. The summed E-state index contributed by atoms with van der Waals surface area (Å²) in [6.45, 7) is 3.03. The van der Waals surface area contributed by atoms with Crippen LogP contribution in [0.25, 0.3) is 18.2 Å². The summed E-state index contributed by atoms with van der Waals surface area (Å²) in [5.74, 6) is 0. The standard InChI is InChI=1S/C15H14ClNO.H2O4S/c1-2-17-11-6-7-15-13(9-11)12-8-10(16)4-3-5-14(12)18-15;1-5(2,3)4/h3-8,17H,2,9H2,1H3;(H2,1,2,3,4). The number of furan rings is 1. The number of hydrogen-bond acceptors (Lipinski definition) is 4. The van der Waals surface area contributed by atoms with Crippen molar-refractivity contribution in [3.05, 3.63) is 50.9 Å². The summed E-state index contributed by atoms with van der Waals surface area (Å²) < 4.78 is 37.4. The van der Waals surface area contributed by atoms with Crippen molar-refractivity contribution in [2.75, 3.05) is 6.54 Å². The summed E-state index contributed by atoms with van der Waals surface area (Å²) >= 11 is 6.12. The summed E-state index contributed by atoms with van der Waals surface area (Å²) in [7, 11) is -4.67. The maximum absolute atomic E-state index is 8.74. The first kappa shape index (κ1) is 17.6. The number of hydrogen-bond donors (Lipinski definition) is 3. The Morgan fingerprint density at radius 2 is 1.96 bits per heavy atom. The van der Waals surface area contributed by atoms with Gasteiger partial charge in [0.2, 0.25) is 0 Å². The van der Waals surface area contributed by atoms with E-state index in [1.807, 2.05) is 30.4 Å². The summed E-state index contributed by atoms with van der Waals surface area (Å²) in [4.78, 5) is 0. The molecule has 1 aromatic rings. The smallest absolute Gasteiger partial charge is 0.394 e. The molecule has 0 unspecified atom stereocenters. The zero-order chi connectivity index (χ0) is 17.0. The van der Waals surface area contributed by atoms with Gasteiger partial charge in [0.05, 0.1) is 0 Å². The van der Waals surface area contributed by atoms with Crippen LogP contribution in [0.4, 0.5) is 0 Å². The number of nitrogens with one attached hydrogen (secondary N) is 1. The highest BCUT2D eigenvalue weighted by Gasteiger charge is 2.15. The Bertz CT molecular complexity index is 898. The molecule has 8 heteroatoms. The zero-order valence-electron chi connectivity index (χ0n) is 12.3. The van der Waals surface area contributed by atoms with Crippen LogP contribution in [0.3, 0.4) is 0 Å². The van der Waals surface area contributed by atoms with Crippen molar-refractivity contribution in [1.82, 2.24) is 5.32 Å². The first-order valence-electron chi connectivity index (χ1n) is 6.80. The van der Waals surface area contributed by atoms with Crippen LogP contribution in [0.5, 0.6) is 0 Å². The van der Waals surface area contributed by atoms with Crippen molar-refractivity contribution in [2.24, 2.45) is 0 Å². The molecule has 6 nitrogen and oxygen atoms in total. The number of likely N-dealkylation sites (N-methyl/N-ethyl adjacent to an activating group) is 1. The van der Waals surface area contributed by atoms with Crippen LogP contribution in [0.2, 0.25) is 0 Å². The summed E-state index contributed by atoms with van der Waals surface area (Å²) in [5.41, 5.74) is 5.35. The van der Waals surface area contributed by atoms with Crippen LogP contribution in [0, 0.1) is 0 Å². The SMILES string of the molecule is CCNC1=CC=c2oc3c(c2C1)C=C(Cl)C=CC=3.O=S(=O)(O)O. The lowest BCUT2D eigenvalue weighted by Crippen LogP contribution is -2.20. The Morgan fingerprint density at radius 1 is 1.26 bits per heavy atom. The van der Waals surface area contributed by atoms with E-state index in [0.29, 0.717) is 0 Å². The third kappa shape index (κ3) is 5.11. The molecule has 1 aromatic heterocycles. The maximum atomic E-state index is 8.74. The Hall–Kier alpha value is -1.80. The molecule has 0 aliphatic heterocycles. The van der Waals surface area contributed by atoms with E-state index < -0.39 is 10.4 Å². The number of rotatable bonds is 2. The fraction of sp³-hybridized carbons (Fsp3) is 0.200. The van der Waals surface area contributed by atoms with Gasteiger partial charge in [-0.05, 0) is 37.3 Å². The van der Waals surface area contributed by atoms with Crippen molar-refractivity contribution in [1.29, 1.82) is 0 Å². The van der Waals surface area contributed by atoms with E-state index >= 15 is 0 Å². The van der Waals surface area contributed by atoms with Crippen LogP contribution >= 0.6 is 11.6 Å². The van der Waals surface area contributed by atoms with E-state index in [2.05, 4.69) is 18.3 Å². The number of allylic oxidation sites excluding steroid dienone is 5. The molecule has 124 valence electrons. The highest BCUT2D eigenvalue weighted by atomic mass is 35.5. The molecule has 0 bridgehead atoms. The number of halogens is 1. The molecule has 0 atom stereocenters. The van der Waals surface area contributed by atoms with Crippen molar-refractivity contribution in [3.63, 3.8) is 0 Å². The highest BCUT2D eigenvalue weighted by molar-refractivity contribution is 7.79. The van der Waals surface area contributed by atoms with Gasteiger partial charge in [0, 0.05) is 34.8 Å². The van der Waals surface area contributed by atoms with Gasteiger partial charge in [-0.3, -0.25) is 9.11 Å². The van der Waals surface area contributed by atoms with E-state index in [0.717, 1.165) is 34.4 Å². The monoisotopic (exact) mass is 357 g/mol.